The normalized spacial score (nSPS) is 19.7. The van der Waals surface area contributed by atoms with E-state index in [4.69, 9.17) is 9.72 Å². The molecular weight excluding hydrogens is 424 g/mol. The predicted molar refractivity (Wildman–Crippen MR) is 133 cm³/mol. The van der Waals surface area contributed by atoms with Crippen molar-refractivity contribution in [1.82, 2.24) is 20.2 Å². The number of amides is 1. The van der Waals surface area contributed by atoms with Crippen LogP contribution in [-0.2, 0) is 23.1 Å². The number of para-hydroxylation sites is 1. The Morgan fingerprint density at radius 3 is 2.79 bits per heavy atom. The third-order valence-electron chi connectivity index (χ3n) is 7.20. The summed E-state index contributed by atoms with van der Waals surface area (Å²) in [6.07, 6.45) is 7.08. The lowest BCUT2D eigenvalue weighted by atomic mass is 9.77. The molecule has 3 aromatic rings. The predicted octanol–water partition coefficient (Wildman–Crippen LogP) is 3.79. The largest absolute Gasteiger partial charge is 0.496 e. The van der Waals surface area contributed by atoms with Gasteiger partial charge in [0, 0.05) is 30.3 Å². The molecule has 5 rings (SSSR count). The lowest BCUT2D eigenvalue weighted by Gasteiger charge is -2.40. The van der Waals surface area contributed by atoms with Crippen LogP contribution in [0.15, 0.2) is 60.8 Å². The van der Waals surface area contributed by atoms with Crippen molar-refractivity contribution in [3.05, 3.63) is 77.6 Å². The van der Waals surface area contributed by atoms with Crippen LogP contribution in [-0.4, -0.2) is 54.1 Å². The van der Waals surface area contributed by atoms with Gasteiger partial charge < -0.3 is 10.1 Å². The number of likely N-dealkylation sites (tertiary alicyclic amines) is 1. The molecule has 0 bridgehead atoms. The number of aromatic nitrogens is 2. The summed E-state index contributed by atoms with van der Waals surface area (Å²) in [4.78, 5) is 24.7. The Bertz CT molecular complexity index is 1150. The second kappa shape index (κ2) is 9.94. The van der Waals surface area contributed by atoms with Gasteiger partial charge in [-0.15, -0.1) is 0 Å². The third kappa shape index (κ3) is 4.68. The van der Waals surface area contributed by atoms with Crippen LogP contribution in [0.1, 0.15) is 36.1 Å². The van der Waals surface area contributed by atoms with Crippen LogP contribution in [0, 0.1) is 0 Å². The Morgan fingerprint density at radius 1 is 1.12 bits per heavy atom. The molecule has 2 heterocycles. The molecular formula is C28H32N4O2. The summed E-state index contributed by atoms with van der Waals surface area (Å²) in [5, 5.41) is 3.10. The number of piperidine rings is 1. The quantitative estimate of drug-likeness (QED) is 0.586. The first-order valence-corrected chi connectivity index (χ1v) is 12.2. The molecule has 1 atom stereocenters. The fourth-order valence-corrected chi connectivity index (χ4v) is 5.53. The third-order valence-corrected chi connectivity index (χ3v) is 7.20. The van der Waals surface area contributed by atoms with Gasteiger partial charge in [0.25, 0.3) is 0 Å². The minimum absolute atomic E-state index is 0.0255. The summed E-state index contributed by atoms with van der Waals surface area (Å²) in [7, 11) is 1.68. The van der Waals surface area contributed by atoms with Gasteiger partial charge >= 0.3 is 0 Å². The van der Waals surface area contributed by atoms with E-state index in [1.54, 1.807) is 7.11 Å². The molecule has 6 heteroatoms. The van der Waals surface area contributed by atoms with E-state index in [1.807, 2.05) is 48.7 Å². The van der Waals surface area contributed by atoms with Gasteiger partial charge in [0.2, 0.25) is 5.91 Å². The fraction of sp³-hybridized carbons (Fsp3) is 0.393. The molecule has 1 amide bonds. The molecule has 1 N–H and O–H groups in total. The Labute approximate surface area is 201 Å². The molecule has 1 spiro atoms. The zero-order chi connectivity index (χ0) is 23.4. The number of carbonyl (C=O) groups excluding carboxylic acids is 1. The maximum absolute atomic E-state index is 12.7. The highest BCUT2D eigenvalue weighted by Gasteiger charge is 2.44. The summed E-state index contributed by atoms with van der Waals surface area (Å²) in [6, 6.07) is 18.1. The molecule has 2 aromatic carbocycles. The summed E-state index contributed by atoms with van der Waals surface area (Å²) >= 11 is 0. The molecule has 1 unspecified atom stereocenters. The van der Waals surface area contributed by atoms with Crippen LogP contribution in [0.25, 0.3) is 11.4 Å². The monoisotopic (exact) mass is 456 g/mol. The van der Waals surface area contributed by atoms with Gasteiger partial charge in [-0.1, -0.05) is 48.5 Å². The molecule has 176 valence electrons. The van der Waals surface area contributed by atoms with Gasteiger partial charge in [0.1, 0.15) is 5.75 Å². The topological polar surface area (TPSA) is 67.3 Å². The highest BCUT2D eigenvalue weighted by molar-refractivity contribution is 5.78. The Morgan fingerprint density at radius 2 is 1.94 bits per heavy atom. The maximum atomic E-state index is 12.7. The summed E-state index contributed by atoms with van der Waals surface area (Å²) < 4.78 is 5.41. The first-order valence-electron chi connectivity index (χ1n) is 12.2. The van der Waals surface area contributed by atoms with Crippen molar-refractivity contribution in [2.45, 2.75) is 37.5 Å². The van der Waals surface area contributed by atoms with E-state index in [2.05, 4.69) is 27.3 Å². The fourth-order valence-electron chi connectivity index (χ4n) is 5.53. The number of carbonyl (C=O) groups is 1. The van der Waals surface area contributed by atoms with Crippen molar-refractivity contribution in [2.24, 2.45) is 0 Å². The van der Waals surface area contributed by atoms with Crippen molar-refractivity contribution in [1.29, 1.82) is 0 Å². The van der Waals surface area contributed by atoms with Gasteiger partial charge in [0.05, 0.1) is 19.3 Å². The van der Waals surface area contributed by atoms with E-state index in [-0.39, 0.29) is 11.3 Å². The van der Waals surface area contributed by atoms with E-state index >= 15 is 0 Å². The van der Waals surface area contributed by atoms with Crippen LogP contribution < -0.4 is 10.1 Å². The van der Waals surface area contributed by atoms with Crippen molar-refractivity contribution in [3.63, 3.8) is 0 Å². The number of methoxy groups -OCH3 is 1. The Hall–Kier alpha value is -3.25. The highest BCUT2D eigenvalue weighted by Crippen LogP contribution is 2.44. The number of rotatable bonds is 7. The maximum Gasteiger partial charge on any atom is 0.234 e. The zero-order valence-corrected chi connectivity index (χ0v) is 19.8. The van der Waals surface area contributed by atoms with Crippen molar-refractivity contribution >= 4 is 5.91 Å². The first kappa shape index (κ1) is 22.5. The number of nitrogens with zero attached hydrogens (tertiary/aromatic N) is 3. The van der Waals surface area contributed by atoms with E-state index in [9.17, 15) is 4.79 Å². The van der Waals surface area contributed by atoms with Crippen molar-refractivity contribution in [3.8, 4) is 17.1 Å². The average molecular weight is 457 g/mol. The number of ether oxygens (including phenoxy) is 1. The number of hydrogen-bond acceptors (Lipinski definition) is 5. The number of nitrogens with one attached hydrogen (secondary N) is 1. The Balaban J connectivity index is 1.22. The molecule has 1 aromatic heterocycles. The van der Waals surface area contributed by atoms with E-state index in [0.717, 1.165) is 67.9 Å². The number of benzene rings is 2. The molecule has 1 fully saturated rings. The van der Waals surface area contributed by atoms with Gasteiger partial charge in [-0.05, 0) is 55.8 Å². The van der Waals surface area contributed by atoms with Gasteiger partial charge in [-0.3, -0.25) is 9.69 Å². The molecule has 1 aliphatic heterocycles. The van der Waals surface area contributed by atoms with Gasteiger partial charge in [-0.25, -0.2) is 9.97 Å². The lowest BCUT2D eigenvalue weighted by Crippen LogP contribution is -2.49. The van der Waals surface area contributed by atoms with Crippen LogP contribution in [0.4, 0.5) is 0 Å². The van der Waals surface area contributed by atoms with Crippen molar-refractivity contribution in [2.75, 3.05) is 33.3 Å². The van der Waals surface area contributed by atoms with Crippen LogP contribution in [0.3, 0.4) is 0 Å². The second-order valence-corrected chi connectivity index (χ2v) is 9.44. The zero-order valence-electron chi connectivity index (χ0n) is 19.8. The molecule has 2 aliphatic rings. The SMILES string of the molecule is COc1ccccc1CCNC(=O)CN1CCCC2(CCc3cnc(-c4ccccc4)nc32)C1. The summed E-state index contributed by atoms with van der Waals surface area (Å²) in [6.45, 7) is 2.87. The van der Waals surface area contributed by atoms with Crippen LogP contribution in [0.5, 0.6) is 5.75 Å². The molecule has 6 nitrogen and oxygen atoms in total. The molecule has 0 radical (unpaired) electrons. The first-order chi connectivity index (χ1) is 16.7. The van der Waals surface area contributed by atoms with E-state index < -0.39 is 0 Å². The highest BCUT2D eigenvalue weighted by atomic mass is 16.5. The second-order valence-electron chi connectivity index (χ2n) is 9.44. The number of aryl methyl sites for hydroxylation is 1. The average Bonchev–Trinajstić information content (AvgIpc) is 3.21. The van der Waals surface area contributed by atoms with E-state index in [0.29, 0.717) is 13.1 Å². The smallest absolute Gasteiger partial charge is 0.234 e. The summed E-state index contributed by atoms with van der Waals surface area (Å²) in [5.74, 6) is 1.75. The molecule has 34 heavy (non-hydrogen) atoms. The van der Waals surface area contributed by atoms with E-state index in [1.165, 1.54) is 11.3 Å². The molecule has 1 saturated heterocycles. The minimum Gasteiger partial charge on any atom is -0.496 e. The number of hydrogen-bond donors (Lipinski definition) is 1. The molecule has 1 aliphatic carbocycles. The Kier molecular flexibility index (Phi) is 6.59. The minimum atomic E-state index is 0.0255. The number of fused-ring (bicyclic) bond motifs is 2. The van der Waals surface area contributed by atoms with Gasteiger partial charge in [-0.2, -0.15) is 0 Å². The van der Waals surface area contributed by atoms with Crippen LogP contribution >= 0.6 is 0 Å². The summed E-state index contributed by atoms with van der Waals surface area (Å²) in [5.41, 5.74) is 4.65. The lowest BCUT2D eigenvalue weighted by molar-refractivity contribution is -0.122. The van der Waals surface area contributed by atoms with Crippen molar-refractivity contribution < 1.29 is 9.53 Å². The molecule has 0 saturated carbocycles. The van der Waals surface area contributed by atoms with Crippen LogP contribution in [0.2, 0.25) is 0 Å². The standard InChI is InChI=1S/C28H32N4O2/c1-34-24-11-6-5-8-21(24)13-16-29-25(33)19-32-17-7-14-28(20-32)15-12-23-18-30-27(31-26(23)28)22-9-3-2-4-10-22/h2-6,8-11,18H,7,12-17,19-20H2,1H3,(H,29,33). The van der Waals surface area contributed by atoms with Gasteiger partial charge in [0.15, 0.2) is 5.82 Å².